The van der Waals surface area contributed by atoms with Crippen molar-refractivity contribution < 1.29 is 24.1 Å². The lowest BCUT2D eigenvalue weighted by Gasteiger charge is -2.40. The molecule has 2 atom stereocenters. The Hall–Kier alpha value is -0.650. The smallest absolute Gasteiger partial charge is 0.308 e. The van der Waals surface area contributed by atoms with Crippen LogP contribution in [-0.2, 0) is 19.0 Å². The Morgan fingerprint density at radius 2 is 1.89 bits per heavy atom. The molecular formula is C14H26O5. The van der Waals surface area contributed by atoms with Gasteiger partial charge in [0.2, 0.25) is 0 Å². The second-order valence-electron chi connectivity index (χ2n) is 6.42. The van der Waals surface area contributed by atoms with Gasteiger partial charge >= 0.3 is 5.97 Å². The van der Waals surface area contributed by atoms with E-state index in [9.17, 15) is 4.79 Å². The normalized spacial score (nSPS) is 27.1. The lowest BCUT2D eigenvalue weighted by Crippen LogP contribution is -2.45. The van der Waals surface area contributed by atoms with E-state index in [0.717, 1.165) is 0 Å². The third-order valence-corrected chi connectivity index (χ3v) is 2.69. The van der Waals surface area contributed by atoms with E-state index >= 15 is 0 Å². The van der Waals surface area contributed by atoms with Gasteiger partial charge in [-0.3, -0.25) is 4.79 Å². The van der Waals surface area contributed by atoms with E-state index < -0.39 is 11.4 Å². The topological polar surface area (TPSA) is 65.0 Å². The molecule has 5 heteroatoms. The third-order valence-electron chi connectivity index (χ3n) is 2.69. The second-order valence-corrected chi connectivity index (χ2v) is 6.42. The molecule has 112 valence electrons. The highest BCUT2D eigenvalue weighted by Gasteiger charge is 2.36. The number of esters is 1. The fourth-order valence-electron chi connectivity index (χ4n) is 2.23. The zero-order valence-electron chi connectivity index (χ0n) is 12.6. The van der Waals surface area contributed by atoms with Gasteiger partial charge in [0.15, 0.2) is 5.79 Å². The molecule has 1 aliphatic heterocycles. The summed E-state index contributed by atoms with van der Waals surface area (Å²) in [5, 5.41) is 9.00. The summed E-state index contributed by atoms with van der Waals surface area (Å²) in [6, 6.07) is 0. The van der Waals surface area contributed by atoms with Gasteiger partial charge < -0.3 is 19.3 Å². The highest BCUT2D eigenvalue weighted by molar-refractivity contribution is 5.70. The van der Waals surface area contributed by atoms with Crippen molar-refractivity contribution in [3.05, 3.63) is 0 Å². The highest BCUT2D eigenvalue weighted by atomic mass is 16.7. The first-order valence-corrected chi connectivity index (χ1v) is 6.79. The van der Waals surface area contributed by atoms with Crippen molar-refractivity contribution in [2.75, 3.05) is 6.61 Å². The van der Waals surface area contributed by atoms with E-state index in [0.29, 0.717) is 12.8 Å². The molecule has 0 unspecified atom stereocenters. The summed E-state index contributed by atoms with van der Waals surface area (Å²) >= 11 is 0. The number of aliphatic hydroxyl groups excluding tert-OH is 1. The Balaban J connectivity index is 2.54. The van der Waals surface area contributed by atoms with Crippen molar-refractivity contribution in [1.29, 1.82) is 0 Å². The fourth-order valence-corrected chi connectivity index (χ4v) is 2.23. The maximum Gasteiger partial charge on any atom is 0.308 e. The Morgan fingerprint density at radius 1 is 1.32 bits per heavy atom. The Bertz CT molecular complexity index is 305. The van der Waals surface area contributed by atoms with Crippen LogP contribution in [0.5, 0.6) is 0 Å². The van der Waals surface area contributed by atoms with E-state index in [4.69, 9.17) is 19.3 Å². The summed E-state index contributed by atoms with van der Waals surface area (Å²) in [7, 11) is 0. The monoisotopic (exact) mass is 274 g/mol. The largest absolute Gasteiger partial charge is 0.460 e. The molecule has 0 spiro atoms. The fraction of sp³-hybridized carbons (Fsp3) is 0.929. The maximum absolute atomic E-state index is 11.8. The van der Waals surface area contributed by atoms with Crippen LogP contribution in [0.2, 0.25) is 0 Å². The van der Waals surface area contributed by atoms with Crippen molar-refractivity contribution in [2.45, 2.75) is 77.5 Å². The van der Waals surface area contributed by atoms with Crippen LogP contribution >= 0.6 is 0 Å². The minimum absolute atomic E-state index is 0.0693. The van der Waals surface area contributed by atoms with Crippen molar-refractivity contribution in [2.24, 2.45) is 0 Å². The van der Waals surface area contributed by atoms with Gasteiger partial charge in [-0.05, 0) is 41.0 Å². The molecule has 19 heavy (non-hydrogen) atoms. The van der Waals surface area contributed by atoms with Gasteiger partial charge in [0.05, 0.1) is 18.6 Å². The summed E-state index contributed by atoms with van der Waals surface area (Å²) < 4.78 is 16.7. The number of aliphatic hydroxyl groups is 1. The van der Waals surface area contributed by atoms with Gasteiger partial charge in [-0.25, -0.2) is 0 Å². The first-order valence-electron chi connectivity index (χ1n) is 6.79. The first kappa shape index (κ1) is 16.4. The Kier molecular flexibility index (Phi) is 5.35. The van der Waals surface area contributed by atoms with E-state index in [1.54, 1.807) is 0 Å². The summed E-state index contributed by atoms with van der Waals surface area (Å²) in [6.45, 7) is 9.23. The molecular weight excluding hydrogens is 248 g/mol. The summed E-state index contributed by atoms with van der Waals surface area (Å²) in [5.41, 5.74) is -0.484. The predicted octanol–water partition coefficient (Wildman–Crippen LogP) is 2.01. The van der Waals surface area contributed by atoms with Crippen LogP contribution in [0.4, 0.5) is 0 Å². The van der Waals surface area contributed by atoms with Crippen molar-refractivity contribution in [3.63, 3.8) is 0 Å². The molecule has 5 nitrogen and oxygen atoms in total. The Morgan fingerprint density at radius 3 is 2.42 bits per heavy atom. The summed E-state index contributed by atoms with van der Waals surface area (Å²) in [5.74, 6) is -0.997. The third kappa shape index (κ3) is 6.36. The van der Waals surface area contributed by atoms with Gasteiger partial charge in [-0.2, -0.15) is 0 Å². The molecule has 1 aliphatic rings. The molecule has 1 N–H and O–H groups in total. The zero-order chi connectivity index (χ0) is 14.7. The molecule has 0 aromatic heterocycles. The van der Waals surface area contributed by atoms with Crippen LogP contribution in [0.25, 0.3) is 0 Å². The van der Waals surface area contributed by atoms with Gasteiger partial charge in [0.25, 0.3) is 0 Å². The summed E-state index contributed by atoms with van der Waals surface area (Å²) in [6.07, 6.45) is 1.06. The van der Waals surface area contributed by atoms with Crippen molar-refractivity contribution >= 4 is 5.97 Å². The highest BCUT2D eigenvalue weighted by Crippen LogP contribution is 2.30. The molecule has 0 saturated carbocycles. The summed E-state index contributed by atoms with van der Waals surface area (Å²) in [4.78, 5) is 11.8. The van der Waals surface area contributed by atoms with Crippen molar-refractivity contribution in [3.8, 4) is 0 Å². The molecule has 1 fully saturated rings. The molecule has 1 saturated heterocycles. The van der Waals surface area contributed by atoms with Gasteiger partial charge in [0, 0.05) is 13.0 Å². The van der Waals surface area contributed by atoms with E-state index in [2.05, 4.69) is 0 Å². The standard InChI is InChI=1S/C14H26O5/c1-13(2,3)19-12(16)9-11-8-10(6-7-15)17-14(4,5)18-11/h10-11,15H,6-9H2,1-5H3/t10-,11-/m1/s1. The Labute approximate surface area is 115 Å². The number of hydrogen-bond acceptors (Lipinski definition) is 5. The number of ether oxygens (including phenoxy) is 3. The average Bonchev–Trinajstić information content (AvgIpc) is 2.10. The van der Waals surface area contributed by atoms with Crippen LogP contribution in [0.3, 0.4) is 0 Å². The number of rotatable bonds is 4. The predicted molar refractivity (Wildman–Crippen MR) is 70.6 cm³/mol. The number of hydrogen-bond donors (Lipinski definition) is 1. The lowest BCUT2D eigenvalue weighted by atomic mass is 10.0. The molecule has 1 rings (SSSR count). The molecule has 0 amide bonds. The molecule has 0 aliphatic carbocycles. The molecule has 1 heterocycles. The zero-order valence-corrected chi connectivity index (χ0v) is 12.6. The van der Waals surface area contributed by atoms with Crippen LogP contribution in [0.15, 0.2) is 0 Å². The average molecular weight is 274 g/mol. The molecule has 0 aromatic carbocycles. The minimum Gasteiger partial charge on any atom is -0.460 e. The second kappa shape index (κ2) is 6.20. The van der Waals surface area contributed by atoms with Gasteiger partial charge in [-0.15, -0.1) is 0 Å². The van der Waals surface area contributed by atoms with E-state index in [1.165, 1.54) is 0 Å². The van der Waals surface area contributed by atoms with Gasteiger partial charge in [-0.1, -0.05) is 0 Å². The molecule has 0 bridgehead atoms. The molecule has 0 aromatic rings. The van der Waals surface area contributed by atoms with Crippen LogP contribution < -0.4 is 0 Å². The first-order chi connectivity index (χ1) is 8.61. The van der Waals surface area contributed by atoms with Crippen molar-refractivity contribution in [1.82, 2.24) is 0 Å². The minimum atomic E-state index is -0.731. The SMILES string of the molecule is CC(C)(C)OC(=O)C[C@H]1C[C@@H](CCO)OC(C)(C)O1. The van der Waals surface area contributed by atoms with Crippen LogP contribution in [0, 0.1) is 0 Å². The molecule has 0 radical (unpaired) electrons. The van der Waals surface area contributed by atoms with Crippen LogP contribution in [0.1, 0.15) is 53.9 Å². The quantitative estimate of drug-likeness (QED) is 0.794. The van der Waals surface area contributed by atoms with Crippen LogP contribution in [-0.4, -0.2) is 41.3 Å². The maximum atomic E-state index is 11.8. The van der Waals surface area contributed by atoms with E-state index in [-0.39, 0.29) is 31.2 Å². The van der Waals surface area contributed by atoms with Gasteiger partial charge in [0.1, 0.15) is 5.60 Å². The number of carbonyl (C=O) groups is 1. The van der Waals surface area contributed by atoms with E-state index in [1.807, 2.05) is 34.6 Å². The lowest BCUT2D eigenvalue weighted by molar-refractivity contribution is -0.301. The number of carbonyl (C=O) groups excluding carboxylic acids is 1.